The van der Waals surface area contributed by atoms with Gasteiger partial charge >= 0.3 is 6.03 Å². The first-order chi connectivity index (χ1) is 32.2. The standard InChI is InChI=1S/C52H59N9O5/c1-2-3-4-14-25-53-50(64)47(57-52(66)56-45-28-40(45)35-19-12-7-13-20-35)32-61-31-46(58-59-61)36-21-23-37(24-22-36)51(65)60-29-41(48(62)54-43-26-38(43)33-15-8-5-9-16-33)42(30-60)49(63)55-44-27-39(44)34-17-10-6-11-18-34/h5-13,15-24,31,38-45,47H,2-4,14,25-30,32H2,1H3,(H,53,64)(H,54,62)(H,55,63)(H2,56,57,66)/t38-,39-,40-,41-,42-,43+,44+,45+,47+/m1/s1. The Morgan fingerprint density at radius 3 is 1.67 bits per heavy atom. The van der Waals surface area contributed by atoms with E-state index in [0.29, 0.717) is 23.4 Å². The summed E-state index contributed by atoms with van der Waals surface area (Å²) >= 11 is 0. The molecule has 5 N–H and O–H groups in total. The summed E-state index contributed by atoms with van der Waals surface area (Å²) in [4.78, 5) is 70.2. The summed E-state index contributed by atoms with van der Waals surface area (Å²) in [6.07, 6.45) is 8.25. The van der Waals surface area contributed by atoms with Gasteiger partial charge in [0.1, 0.15) is 11.7 Å². The molecular formula is C52H59N9O5. The molecule has 6 amide bonds. The fourth-order valence-corrected chi connectivity index (χ4v) is 9.47. The lowest BCUT2D eigenvalue weighted by atomic mass is 9.94. The Morgan fingerprint density at radius 2 is 1.15 bits per heavy atom. The number of carbonyl (C=O) groups excluding carboxylic acids is 5. The Kier molecular flexibility index (Phi) is 13.5. The second-order valence-electron chi connectivity index (χ2n) is 18.4. The number of amides is 6. The van der Waals surface area contributed by atoms with Crippen LogP contribution in [0.25, 0.3) is 11.3 Å². The number of nitrogens with zero attached hydrogens (tertiary/aromatic N) is 4. The van der Waals surface area contributed by atoms with Crippen molar-refractivity contribution >= 4 is 29.7 Å². The van der Waals surface area contributed by atoms with E-state index in [4.69, 9.17) is 0 Å². The molecule has 9 rings (SSSR count). The quantitative estimate of drug-likeness (QED) is 0.0641. The van der Waals surface area contributed by atoms with Crippen LogP contribution in [-0.4, -0.2) is 93.4 Å². The zero-order valence-corrected chi connectivity index (χ0v) is 37.4. The summed E-state index contributed by atoms with van der Waals surface area (Å²) in [6.45, 7) is 2.96. The van der Waals surface area contributed by atoms with Gasteiger partial charge in [-0.2, -0.15) is 0 Å². The van der Waals surface area contributed by atoms with Gasteiger partial charge in [-0.3, -0.25) is 19.2 Å². The Balaban J connectivity index is 0.833. The maximum atomic E-state index is 14.1. The molecule has 5 aromatic rings. The number of carbonyl (C=O) groups is 5. The third kappa shape index (κ3) is 10.8. The van der Waals surface area contributed by atoms with Gasteiger partial charge in [-0.15, -0.1) is 5.10 Å². The molecule has 4 fully saturated rings. The van der Waals surface area contributed by atoms with Crippen LogP contribution in [-0.2, 0) is 20.9 Å². The first kappa shape index (κ1) is 44.4. The minimum absolute atomic E-state index is 0.00784. The largest absolute Gasteiger partial charge is 0.354 e. The highest BCUT2D eigenvalue weighted by molar-refractivity contribution is 5.97. The topological polar surface area (TPSA) is 179 Å². The minimum Gasteiger partial charge on any atom is -0.354 e. The number of nitrogens with one attached hydrogen (secondary N) is 5. The van der Waals surface area contributed by atoms with E-state index in [1.165, 1.54) is 21.4 Å². The lowest BCUT2D eigenvalue weighted by Crippen LogP contribution is -2.52. The number of urea groups is 1. The van der Waals surface area contributed by atoms with Crippen molar-refractivity contribution in [1.82, 2.24) is 46.5 Å². The van der Waals surface area contributed by atoms with Crippen LogP contribution in [0, 0.1) is 11.8 Å². The lowest BCUT2D eigenvalue weighted by molar-refractivity contribution is -0.133. The normalized spacial score (nSPS) is 24.1. The van der Waals surface area contributed by atoms with Crippen molar-refractivity contribution in [2.45, 2.75) is 100 Å². The van der Waals surface area contributed by atoms with E-state index in [9.17, 15) is 24.0 Å². The van der Waals surface area contributed by atoms with E-state index in [1.54, 1.807) is 35.4 Å². The average molecular weight is 890 g/mol. The van der Waals surface area contributed by atoms with Gasteiger partial charge in [-0.1, -0.05) is 135 Å². The molecule has 4 aliphatic rings. The number of unbranched alkanes of at least 4 members (excludes halogenated alkanes) is 3. The highest BCUT2D eigenvalue weighted by Gasteiger charge is 2.49. The SMILES string of the molecule is CCCCCCNC(=O)[C@H](Cn1cc(-c2ccc(C(=O)N3C[C@@H](C(=O)N[C@H]4C[C@@H]4c4ccccc4)[C@H](C(=O)N[C@H]4C[C@@H]4c4ccccc4)C3)cc2)nn1)NC(=O)N[C@H]1C[C@@H]1c1ccccc1. The third-order valence-electron chi connectivity index (χ3n) is 13.6. The third-order valence-corrected chi connectivity index (χ3v) is 13.6. The van der Waals surface area contributed by atoms with Gasteiger partial charge < -0.3 is 31.5 Å². The molecule has 1 aliphatic heterocycles. The van der Waals surface area contributed by atoms with Crippen LogP contribution in [0.3, 0.4) is 0 Å². The molecule has 0 unspecified atom stereocenters. The number of likely N-dealkylation sites (tertiary alicyclic amines) is 1. The smallest absolute Gasteiger partial charge is 0.315 e. The first-order valence-electron chi connectivity index (χ1n) is 23.6. The number of hydrogen-bond donors (Lipinski definition) is 5. The van der Waals surface area contributed by atoms with Crippen LogP contribution < -0.4 is 26.6 Å². The Morgan fingerprint density at radius 1 is 0.636 bits per heavy atom. The molecule has 14 nitrogen and oxygen atoms in total. The molecule has 4 aromatic carbocycles. The number of hydrogen-bond acceptors (Lipinski definition) is 7. The van der Waals surface area contributed by atoms with Gasteiger partial charge in [0.05, 0.1) is 24.6 Å². The Bertz CT molecular complexity index is 2410. The van der Waals surface area contributed by atoms with E-state index in [-0.39, 0.29) is 79.1 Å². The molecule has 1 aromatic heterocycles. The van der Waals surface area contributed by atoms with E-state index in [1.807, 2.05) is 54.6 Å². The molecular weight excluding hydrogens is 831 g/mol. The van der Waals surface area contributed by atoms with Crippen LogP contribution in [0.5, 0.6) is 0 Å². The molecule has 3 aliphatic carbocycles. The van der Waals surface area contributed by atoms with Crippen molar-refractivity contribution in [2.75, 3.05) is 19.6 Å². The highest BCUT2D eigenvalue weighted by atomic mass is 16.2. The molecule has 342 valence electrons. The van der Waals surface area contributed by atoms with E-state index < -0.39 is 23.9 Å². The number of aromatic nitrogens is 3. The highest BCUT2D eigenvalue weighted by Crippen LogP contribution is 2.43. The molecule has 1 saturated heterocycles. The summed E-state index contributed by atoms with van der Waals surface area (Å²) in [6, 6.07) is 35.9. The molecule has 2 heterocycles. The number of rotatable bonds is 19. The van der Waals surface area contributed by atoms with Gasteiger partial charge in [-0.25, -0.2) is 9.48 Å². The van der Waals surface area contributed by atoms with Crippen molar-refractivity contribution in [3.8, 4) is 11.3 Å². The van der Waals surface area contributed by atoms with Crippen LogP contribution in [0.1, 0.15) is 96.7 Å². The molecule has 3 saturated carbocycles. The van der Waals surface area contributed by atoms with E-state index >= 15 is 0 Å². The van der Waals surface area contributed by atoms with Crippen LogP contribution in [0.4, 0.5) is 4.79 Å². The van der Waals surface area contributed by atoms with E-state index in [2.05, 4.69) is 80.2 Å². The maximum Gasteiger partial charge on any atom is 0.315 e. The summed E-state index contributed by atoms with van der Waals surface area (Å²) in [5.74, 6) is -1.66. The average Bonchev–Trinajstić information content (AvgIpc) is 4.31. The summed E-state index contributed by atoms with van der Waals surface area (Å²) in [5.41, 5.74) is 5.17. The lowest BCUT2D eigenvalue weighted by Gasteiger charge is -2.19. The maximum absolute atomic E-state index is 14.1. The van der Waals surface area contributed by atoms with Crippen molar-refractivity contribution in [3.05, 3.63) is 144 Å². The Hall–Kier alpha value is -6.83. The minimum atomic E-state index is -0.902. The van der Waals surface area contributed by atoms with Crippen LogP contribution in [0.15, 0.2) is 121 Å². The van der Waals surface area contributed by atoms with Gasteiger partial charge in [-0.05, 0) is 54.5 Å². The van der Waals surface area contributed by atoms with Crippen LogP contribution >= 0.6 is 0 Å². The van der Waals surface area contributed by atoms with Crippen molar-refractivity contribution in [2.24, 2.45) is 11.8 Å². The summed E-state index contributed by atoms with van der Waals surface area (Å²) in [7, 11) is 0. The Labute approximate surface area is 385 Å². The van der Waals surface area contributed by atoms with E-state index in [0.717, 1.165) is 44.9 Å². The molecule has 14 heteroatoms. The van der Waals surface area contributed by atoms with Crippen molar-refractivity contribution < 1.29 is 24.0 Å². The molecule has 9 atom stereocenters. The van der Waals surface area contributed by atoms with Gasteiger partial charge in [0, 0.05) is 66.6 Å². The predicted molar refractivity (Wildman–Crippen MR) is 250 cm³/mol. The molecule has 66 heavy (non-hydrogen) atoms. The molecule has 0 bridgehead atoms. The molecule has 0 spiro atoms. The van der Waals surface area contributed by atoms with Gasteiger partial charge in [0.25, 0.3) is 5.91 Å². The fraction of sp³-hybridized carbons (Fsp3) is 0.404. The van der Waals surface area contributed by atoms with Crippen LogP contribution in [0.2, 0.25) is 0 Å². The second-order valence-corrected chi connectivity index (χ2v) is 18.4. The first-order valence-corrected chi connectivity index (χ1v) is 23.6. The summed E-state index contributed by atoms with van der Waals surface area (Å²) < 4.78 is 1.54. The monoisotopic (exact) mass is 889 g/mol. The summed E-state index contributed by atoms with van der Waals surface area (Å²) in [5, 5.41) is 23.9. The molecule has 0 radical (unpaired) electrons. The van der Waals surface area contributed by atoms with Gasteiger partial charge in [0.2, 0.25) is 17.7 Å². The van der Waals surface area contributed by atoms with Gasteiger partial charge in [0.15, 0.2) is 0 Å². The predicted octanol–water partition coefficient (Wildman–Crippen LogP) is 5.90. The zero-order valence-electron chi connectivity index (χ0n) is 37.4. The van der Waals surface area contributed by atoms with Crippen molar-refractivity contribution in [3.63, 3.8) is 0 Å². The van der Waals surface area contributed by atoms with Crippen molar-refractivity contribution in [1.29, 1.82) is 0 Å². The fourth-order valence-electron chi connectivity index (χ4n) is 9.47. The second kappa shape index (κ2) is 20.1. The number of benzene rings is 4. The zero-order chi connectivity index (χ0) is 45.6.